The number of amides is 1. The maximum atomic E-state index is 13.1. The van der Waals surface area contributed by atoms with E-state index < -0.39 is 15.6 Å². The van der Waals surface area contributed by atoms with E-state index in [0.717, 1.165) is 5.56 Å². The molecule has 2 fully saturated rings. The molecule has 0 saturated carbocycles. The van der Waals surface area contributed by atoms with Gasteiger partial charge in [0.1, 0.15) is 12.4 Å². The van der Waals surface area contributed by atoms with Gasteiger partial charge in [0.2, 0.25) is 0 Å². The Labute approximate surface area is 158 Å². The van der Waals surface area contributed by atoms with Crippen LogP contribution in [0.1, 0.15) is 18.3 Å². The molecule has 144 valence electrons. The number of sulfonamides is 1. The van der Waals surface area contributed by atoms with Crippen LogP contribution in [0.2, 0.25) is 0 Å². The summed E-state index contributed by atoms with van der Waals surface area (Å²) in [7, 11) is -3.72. The molecule has 2 aliphatic heterocycles. The van der Waals surface area contributed by atoms with Gasteiger partial charge in [-0.1, -0.05) is 37.3 Å². The fourth-order valence-electron chi connectivity index (χ4n) is 3.80. The fourth-order valence-corrected chi connectivity index (χ4v) is 5.24. The number of carbonyl (C=O) groups excluding carboxylic acids is 1. The molecule has 8 nitrogen and oxygen atoms in total. The molecule has 2 aliphatic rings. The van der Waals surface area contributed by atoms with E-state index >= 15 is 0 Å². The van der Waals surface area contributed by atoms with Gasteiger partial charge < -0.3 is 9.72 Å². The molecule has 0 bridgehead atoms. The Kier molecular flexibility index (Phi) is 4.43. The fraction of sp³-hybridized carbons (Fsp3) is 0.444. The third-order valence-corrected chi connectivity index (χ3v) is 6.99. The van der Waals surface area contributed by atoms with Crippen LogP contribution in [0.5, 0.6) is 0 Å². The summed E-state index contributed by atoms with van der Waals surface area (Å²) in [6.07, 6.45) is 2.15. The summed E-state index contributed by atoms with van der Waals surface area (Å²) in [4.78, 5) is 20.9. The van der Waals surface area contributed by atoms with Crippen molar-refractivity contribution in [1.82, 2.24) is 19.2 Å². The van der Waals surface area contributed by atoms with Gasteiger partial charge in [-0.15, -0.1) is 0 Å². The highest BCUT2D eigenvalue weighted by atomic mass is 32.2. The van der Waals surface area contributed by atoms with Gasteiger partial charge >= 0.3 is 6.09 Å². The first-order chi connectivity index (χ1) is 12.9. The maximum absolute atomic E-state index is 13.1. The zero-order chi connectivity index (χ0) is 19.1. The summed E-state index contributed by atoms with van der Waals surface area (Å²) in [6.45, 7) is 2.81. The lowest BCUT2D eigenvalue weighted by molar-refractivity contribution is 0.0916. The number of aromatic amines is 1. The molecular formula is C18H22N4O4S. The first-order valence-corrected chi connectivity index (χ1v) is 10.4. The van der Waals surface area contributed by atoms with Crippen LogP contribution in [-0.4, -0.2) is 65.5 Å². The van der Waals surface area contributed by atoms with E-state index in [1.54, 1.807) is 4.90 Å². The van der Waals surface area contributed by atoms with Crippen molar-refractivity contribution in [2.45, 2.75) is 30.3 Å². The van der Waals surface area contributed by atoms with E-state index in [2.05, 4.69) is 9.97 Å². The van der Waals surface area contributed by atoms with E-state index in [1.165, 1.54) is 10.5 Å². The lowest BCUT2D eigenvalue weighted by atomic mass is 9.89. The number of rotatable bonds is 5. The molecule has 1 unspecified atom stereocenters. The lowest BCUT2D eigenvalue weighted by Gasteiger charge is -2.43. The number of H-pyrrole nitrogens is 1. The zero-order valence-electron chi connectivity index (χ0n) is 15.1. The van der Waals surface area contributed by atoms with Crippen molar-refractivity contribution in [1.29, 1.82) is 0 Å². The van der Waals surface area contributed by atoms with Gasteiger partial charge in [-0.2, -0.15) is 4.31 Å². The Bertz CT molecular complexity index is 943. The van der Waals surface area contributed by atoms with Crippen molar-refractivity contribution in [3.63, 3.8) is 0 Å². The van der Waals surface area contributed by atoms with Gasteiger partial charge in [-0.05, 0) is 5.56 Å². The Morgan fingerprint density at radius 1 is 1.26 bits per heavy atom. The summed E-state index contributed by atoms with van der Waals surface area (Å²) in [5.74, 6) is 0.630. The second kappa shape index (κ2) is 6.65. The molecule has 0 aliphatic carbocycles. The monoisotopic (exact) mass is 390 g/mol. The lowest BCUT2D eigenvalue weighted by Crippen LogP contribution is -2.63. The van der Waals surface area contributed by atoms with E-state index in [0.29, 0.717) is 25.2 Å². The second-order valence-electron chi connectivity index (χ2n) is 6.98. The number of ether oxygens (including phenoxy) is 1. The quantitative estimate of drug-likeness (QED) is 0.833. The minimum absolute atomic E-state index is 0.0907. The second-order valence-corrected chi connectivity index (χ2v) is 8.89. The van der Waals surface area contributed by atoms with Crippen molar-refractivity contribution in [3.8, 4) is 0 Å². The van der Waals surface area contributed by atoms with Gasteiger partial charge in [0.15, 0.2) is 5.03 Å². The summed E-state index contributed by atoms with van der Waals surface area (Å²) in [6, 6.07) is 9.75. The first kappa shape index (κ1) is 18.0. The van der Waals surface area contributed by atoms with Crippen LogP contribution in [0.25, 0.3) is 0 Å². The first-order valence-electron chi connectivity index (χ1n) is 8.97. The molecule has 4 rings (SSSR count). The highest BCUT2D eigenvalue weighted by Gasteiger charge is 2.52. The largest absolute Gasteiger partial charge is 0.447 e. The summed E-state index contributed by atoms with van der Waals surface area (Å²) >= 11 is 0. The smallest absolute Gasteiger partial charge is 0.410 e. The van der Waals surface area contributed by atoms with Crippen LogP contribution in [0.3, 0.4) is 0 Å². The highest BCUT2D eigenvalue weighted by Crippen LogP contribution is 2.34. The normalized spacial score (nSPS) is 23.3. The predicted octanol–water partition coefficient (Wildman–Crippen LogP) is 1.41. The topological polar surface area (TPSA) is 95.6 Å². The molecule has 27 heavy (non-hydrogen) atoms. The van der Waals surface area contributed by atoms with Crippen LogP contribution < -0.4 is 0 Å². The van der Waals surface area contributed by atoms with Gasteiger partial charge in [0.05, 0.1) is 11.7 Å². The molecule has 3 heterocycles. The number of nitrogens with zero attached hydrogens (tertiary/aromatic N) is 3. The molecule has 2 saturated heterocycles. The zero-order valence-corrected chi connectivity index (χ0v) is 15.9. The summed E-state index contributed by atoms with van der Waals surface area (Å²) < 4.78 is 32.9. The standard InChI is InChI=1S/C18H22N4O4S/c1-2-15-19-11-16(20-15)27(24,25)21-8-9-22-17(23)26-13-18(22,12-21)10-14-6-4-3-5-7-14/h3-7,11H,2,8-10,12-13H2,1H3,(H,19,20). The molecule has 1 amide bonds. The van der Waals surface area contributed by atoms with Gasteiger partial charge in [-0.3, -0.25) is 4.90 Å². The maximum Gasteiger partial charge on any atom is 0.410 e. The molecule has 1 aromatic heterocycles. The molecule has 0 spiro atoms. The van der Waals surface area contributed by atoms with Crippen molar-refractivity contribution in [2.24, 2.45) is 0 Å². The Balaban J connectivity index is 1.64. The number of cyclic esters (lactones) is 1. The summed E-state index contributed by atoms with van der Waals surface area (Å²) in [5.41, 5.74) is 0.340. The third kappa shape index (κ3) is 3.10. The van der Waals surface area contributed by atoms with E-state index in [-0.39, 0.29) is 30.8 Å². The van der Waals surface area contributed by atoms with Gasteiger partial charge in [0.25, 0.3) is 10.0 Å². The van der Waals surface area contributed by atoms with Crippen molar-refractivity contribution >= 4 is 16.1 Å². The van der Waals surface area contributed by atoms with Crippen LogP contribution in [0.15, 0.2) is 41.6 Å². The van der Waals surface area contributed by atoms with E-state index in [1.807, 2.05) is 37.3 Å². The van der Waals surface area contributed by atoms with Crippen LogP contribution in [-0.2, 0) is 27.6 Å². The number of hydrogen-bond donors (Lipinski definition) is 1. The molecule has 0 radical (unpaired) electrons. The number of hydrogen-bond acceptors (Lipinski definition) is 5. The van der Waals surface area contributed by atoms with Crippen molar-refractivity contribution < 1.29 is 17.9 Å². The predicted molar refractivity (Wildman–Crippen MR) is 97.7 cm³/mol. The number of fused-ring (bicyclic) bond motifs is 1. The van der Waals surface area contributed by atoms with Crippen molar-refractivity contribution in [2.75, 3.05) is 26.2 Å². The average Bonchev–Trinajstić information content (AvgIpc) is 3.28. The Morgan fingerprint density at radius 3 is 2.74 bits per heavy atom. The van der Waals surface area contributed by atoms with Gasteiger partial charge in [-0.25, -0.2) is 18.2 Å². The molecular weight excluding hydrogens is 368 g/mol. The number of aromatic nitrogens is 2. The summed E-state index contributed by atoms with van der Waals surface area (Å²) in [5, 5.41) is 0.0907. The Morgan fingerprint density at radius 2 is 2.04 bits per heavy atom. The van der Waals surface area contributed by atoms with Crippen LogP contribution in [0.4, 0.5) is 4.79 Å². The third-order valence-electron chi connectivity index (χ3n) is 5.23. The minimum atomic E-state index is -3.72. The average molecular weight is 390 g/mol. The van der Waals surface area contributed by atoms with E-state index in [9.17, 15) is 13.2 Å². The van der Waals surface area contributed by atoms with Crippen molar-refractivity contribution in [3.05, 3.63) is 47.9 Å². The molecule has 1 atom stereocenters. The number of carbonyl (C=O) groups is 1. The SMILES string of the molecule is CCc1ncc(S(=O)(=O)N2CCN3C(=O)OCC3(Cc3ccccc3)C2)[nH]1. The van der Waals surface area contributed by atoms with Gasteiger partial charge in [0, 0.05) is 32.5 Å². The number of benzene rings is 1. The van der Waals surface area contributed by atoms with E-state index in [4.69, 9.17) is 4.74 Å². The number of aryl methyl sites for hydroxylation is 1. The van der Waals surface area contributed by atoms with Crippen LogP contribution in [0, 0.1) is 0 Å². The number of nitrogens with one attached hydrogen (secondary N) is 1. The number of piperazine rings is 1. The molecule has 1 N–H and O–H groups in total. The molecule has 2 aromatic rings. The molecule has 9 heteroatoms. The minimum Gasteiger partial charge on any atom is -0.447 e. The molecule has 1 aromatic carbocycles. The highest BCUT2D eigenvalue weighted by molar-refractivity contribution is 7.89. The van der Waals surface area contributed by atoms with Crippen LogP contribution >= 0.6 is 0 Å². The number of imidazole rings is 1. The Hall–Kier alpha value is -2.39.